The van der Waals surface area contributed by atoms with E-state index in [9.17, 15) is 4.79 Å². The molecule has 0 atom stereocenters. The number of hydrogen-bond acceptors (Lipinski definition) is 5. The molecule has 0 saturated heterocycles. The summed E-state index contributed by atoms with van der Waals surface area (Å²) in [5, 5.41) is 3.54. The minimum Gasteiger partial charge on any atom is -0.486 e. The number of nitrogens with zero attached hydrogens (tertiary/aromatic N) is 2. The lowest BCUT2D eigenvalue weighted by molar-refractivity contribution is -0.131. The van der Waals surface area contributed by atoms with Gasteiger partial charge in [-0.05, 0) is 30.7 Å². The maximum atomic E-state index is 12.1. The second-order valence-electron chi connectivity index (χ2n) is 5.49. The van der Waals surface area contributed by atoms with Crippen molar-refractivity contribution in [3.8, 4) is 5.75 Å². The Balaban J connectivity index is 1.89. The molecular formula is C18H23ClN2O3S. The maximum Gasteiger partial charge on any atom is 0.222 e. The molecule has 25 heavy (non-hydrogen) atoms. The Morgan fingerprint density at radius 1 is 1.32 bits per heavy atom. The molecule has 0 aliphatic heterocycles. The number of aromatic nitrogens is 1. The number of amides is 1. The number of methoxy groups -OCH3 is 1. The second kappa shape index (κ2) is 10.4. The van der Waals surface area contributed by atoms with Crippen LogP contribution >= 0.6 is 22.9 Å². The number of benzene rings is 1. The molecule has 5 nitrogen and oxygen atoms in total. The van der Waals surface area contributed by atoms with E-state index in [-0.39, 0.29) is 5.91 Å². The fourth-order valence-electron chi connectivity index (χ4n) is 2.27. The molecule has 0 fully saturated rings. The Labute approximate surface area is 157 Å². The van der Waals surface area contributed by atoms with Crippen LogP contribution in [0, 0.1) is 0 Å². The molecule has 1 amide bonds. The van der Waals surface area contributed by atoms with Crippen LogP contribution in [0.3, 0.4) is 0 Å². The van der Waals surface area contributed by atoms with Crippen LogP contribution in [-0.4, -0.2) is 36.1 Å². The molecule has 0 bridgehead atoms. The monoisotopic (exact) mass is 382 g/mol. The highest BCUT2D eigenvalue weighted by molar-refractivity contribution is 7.09. The summed E-state index contributed by atoms with van der Waals surface area (Å²) in [5.41, 5.74) is 0.888. The molecule has 1 aromatic heterocycles. The highest BCUT2D eigenvalue weighted by Gasteiger charge is 2.14. The number of carbonyl (C=O) groups is 1. The predicted octanol–water partition coefficient (Wildman–Crippen LogP) is 4.15. The highest BCUT2D eigenvalue weighted by Crippen LogP contribution is 2.19. The number of rotatable bonds is 10. The Morgan fingerprint density at radius 3 is 2.76 bits per heavy atom. The van der Waals surface area contributed by atoms with Gasteiger partial charge in [0, 0.05) is 37.1 Å². The standard InChI is InChI=1S/C18H23ClN2O3S/c1-3-18(22)21(9-4-10-23-2)11-15-13-25-17(20-15)12-24-16-7-5-14(19)6-8-16/h5-8,13H,3-4,9-12H2,1-2H3. The SMILES string of the molecule is CCC(=O)N(CCCOC)Cc1csc(COc2ccc(Cl)cc2)n1. The first-order valence-electron chi connectivity index (χ1n) is 8.20. The van der Waals surface area contributed by atoms with Crippen molar-refractivity contribution in [1.82, 2.24) is 9.88 Å². The number of halogens is 1. The summed E-state index contributed by atoms with van der Waals surface area (Å²) < 4.78 is 10.8. The quantitative estimate of drug-likeness (QED) is 0.579. The summed E-state index contributed by atoms with van der Waals surface area (Å²) in [6, 6.07) is 7.24. The predicted molar refractivity (Wildman–Crippen MR) is 100 cm³/mol. The fraction of sp³-hybridized carbons (Fsp3) is 0.444. The largest absolute Gasteiger partial charge is 0.486 e. The van der Waals surface area contributed by atoms with Crippen molar-refractivity contribution >= 4 is 28.8 Å². The lowest BCUT2D eigenvalue weighted by atomic mass is 10.3. The van der Waals surface area contributed by atoms with Gasteiger partial charge in [-0.15, -0.1) is 11.3 Å². The minimum absolute atomic E-state index is 0.128. The zero-order valence-electron chi connectivity index (χ0n) is 14.5. The van der Waals surface area contributed by atoms with Crippen LogP contribution in [0.5, 0.6) is 5.75 Å². The van der Waals surface area contributed by atoms with E-state index in [2.05, 4.69) is 4.98 Å². The normalized spacial score (nSPS) is 10.7. The molecule has 0 aliphatic rings. The smallest absolute Gasteiger partial charge is 0.222 e. The van der Waals surface area contributed by atoms with Gasteiger partial charge < -0.3 is 14.4 Å². The average Bonchev–Trinajstić information content (AvgIpc) is 3.07. The number of ether oxygens (including phenoxy) is 2. The summed E-state index contributed by atoms with van der Waals surface area (Å²) in [6.45, 7) is 4.11. The summed E-state index contributed by atoms with van der Waals surface area (Å²) in [7, 11) is 1.67. The third-order valence-corrected chi connectivity index (χ3v) is 4.68. The topological polar surface area (TPSA) is 51.7 Å². The molecule has 0 N–H and O–H groups in total. The van der Waals surface area contributed by atoms with Gasteiger partial charge in [0.25, 0.3) is 0 Å². The van der Waals surface area contributed by atoms with Gasteiger partial charge in [-0.3, -0.25) is 4.79 Å². The Morgan fingerprint density at radius 2 is 2.08 bits per heavy atom. The van der Waals surface area contributed by atoms with E-state index < -0.39 is 0 Å². The zero-order valence-corrected chi connectivity index (χ0v) is 16.1. The van der Waals surface area contributed by atoms with E-state index in [0.717, 1.165) is 22.9 Å². The average molecular weight is 383 g/mol. The molecule has 0 radical (unpaired) electrons. The number of thiazole rings is 1. The summed E-state index contributed by atoms with van der Waals surface area (Å²) in [4.78, 5) is 18.5. The first-order chi connectivity index (χ1) is 12.1. The number of hydrogen-bond donors (Lipinski definition) is 0. The van der Waals surface area contributed by atoms with E-state index in [1.54, 1.807) is 19.2 Å². The molecule has 2 aromatic rings. The van der Waals surface area contributed by atoms with Gasteiger partial charge in [-0.25, -0.2) is 4.98 Å². The van der Waals surface area contributed by atoms with E-state index in [4.69, 9.17) is 21.1 Å². The highest BCUT2D eigenvalue weighted by atomic mass is 35.5. The van der Waals surface area contributed by atoms with Crippen LogP contribution < -0.4 is 4.74 Å². The minimum atomic E-state index is 0.128. The third-order valence-electron chi connectivity index (χ3n) is 3.56. The first kappa shape index (κ1) is 19.7. The molecule has 7 heteroatoms. The van der Waals surface area contributed by atoms with Crippen molar-refractivity contribution in [3.63, 3.8) is 0 Å². The summed E-state index contributed by atoms with van der Waals surface area (Å²) in [5.74, 6) is 0.881. The van der Waals surface area contributed by atoms with Crippen LogP contribution in [0.4, 0.5) is 0 Å². The lowest BCUT2D eigenvalue weighted by Crippen LogP contribution is -2.31. The molecule has 0 saturated carbocycles. The van der Waals surface area contributed by atoms with Crippen LogP contribution in [-0.2, 0) is 22.7 Å². The first-order valence-corrected chi connectivity index (χ1v) is 9.46. The van der Waals surface area contributed by atoms with Gasteiger partial charge in [0.1, 0.15) is 17.4 Å². The molecule has 0 spiro atoms. The van der Waals surface area contributed by atoms with Crippen LogP contribution in [0.25, 0.3) is 0 Å². The zero-order chi connectivity index (χ0) is 18.1. The molecule has 136 valence electrons. The van der Waals surface area contributed by atoms with E-state index in [0.29, 0.717) is 37.7 Å². The van der Waals surface area contributed by atoms with Gasteiger partial charge in [-0.2, -0.15) is 0 Å². The van der Waals surface area contributed by atoms with Gasteiger partial charge >= 0.3 is 0 Å². The van der Waals surface area contributed by atoms with Crippen LogP contribution in [0.15, 0.2) is 29.6 Å². The third kappa shape index (κ3) is 6.65. The van der Waals surface area contributed by atoms with Gasteiger partial charge in [0.15, 0.2) is 0 Å². The Bertz CT molecular complexity index is 661. The lowest BCUT2D eigenvalue weighted by Gasteiger charge is -2.21. The Kier molecular flexibility index (Phi) is 8.18. The molecule has 1 aromatic carbocycles. The molecule has 0 aliphatic carbocycles. The van der Waals surface area contributed by atoms with Crippen LogP contribution in [0.2, 0.25) is 5.02 Å². The number of carbonyl (C=O) groups excluding carboxylic acids is 1. The van der Waals surface area contributed by atoms with Gasteiger partial charge in [0.2, 0.25) is 5.91 Å². The molecule has 2 rings (SSSR count). The summed E-state index contributed by atoms with van der Waals surface area (Å²) in [6.07, 6.45) is 1.31. The van der Waals surface area contributed by atoms with Crippen molar-refractivity contribution in [2.24, 2.45) is 0 Å². The molecule has 0 unspecified atom stereocenters. The van der Waals surface area contributed by atoms with Crippen molar-refractivity contribution in [2.75, 3.05) is 20.3 Å². The van der Waals surface area contributed by atoms with Crippen molar-refractivity contribution in [1.29, 1.82) is 0 Å². The fourth-order valence-corrected chi connectivity index (χ4v) is 3.10. The van der Waals surface area contributed by atoms with Crippen molar-refractivity contribution in [3.05, 3.63) is 45.4 Å². The van der Waals surface area contributed by atoms with E-state index in [1.807, 2.05) is 29.3 Å². The summed E-state index contributed by atoms with van der Waals surface area (Å²) >= 11 is 7.39. The second-order valence-corrected chi connectivity index (χ2v) is 6.87. The molecular weight excluding hydrogens is 360 g/mol. The van der Waals surface area contributed by atoms with Crippen LogP contribution in [0.1, 0.15) is 30.5 Å². The van der Waals surface area contributed by atoms with Crippen molar-refractivity contribution in [2.45, 2.75) is 32.9 Å². The maximum absolute atomic E-state index is 12.1. The van der Waals surface area contributed by atoms with Gasteiger partial charge in [0.05, 0.1) is 12.2 Å². The Hall–Kier alpha value is -1.63. The van der Waals surface area contributed by atoms with Crippen molar-refractivity contribution < 1.29 is 14.3 Å². The van der Waals surface area contributed by atoms with E-state index in [1.165, 1.54) is 11.3 Å². The van der Waals surface area contributed by atoms with Gasteiger partial charge in [-0.1, -0.05) is 18.5 Å². The molecule has 1 heterocycles. The van der Waals surface area contributed by atoms with E-state index >= 15 is 0 Å².